The average Bonchev–Trinajstić information content (AvgIpc) is 2.55. The Labute approximate surface area is 112 Å². The van der Waals surface area contributed by atoms with Gasteiger partial charge in [0.15, 0.2) is 5.78 Å². The van der Waals surface area contributed by atoms with Crippen LogP contribution in [-0.4, -0.2) is 48.4 Å². The summed E-state index contributed by atoms with van der Waals surface area (Å²) in [7, 11) is 0. The van der Waals surface area contributed by atoms with E-state index in [1.54, 1.807) is 11.3 Å². The van der Waals surface area contributed by atoms with Crippen LogP contribution in [0.4, 0.5) is 0 Å². The number of Topliss-reactive ketones (excluding diaryl/α,β-unsaturated/α-hetero) is 1. The zero-order valence-corrected chi connectivity index (χ0v) is 12.0. The van der Waals surface area contributed by atoms with Gasteiger partial charge in [0.05, 0.1) is 18.7 Å². The summed E-state index contributed by atoms with van der Waals surface area (Å²) in [6, 6.07) is 0. The first-order valence-corrected chi connectivity index (χ1v) is 7.34. The Morgan fingerprint density at radius 1 is 1.39 bits per heavy atom. The molecule has 1 aliphatic heterocycles. The molecular weight excluding hydrogens is 246 g/mol. The number of hydrogen-bond acceptors (Lipinski definition) is 5. The highest BCUT2D eigenvalue weighted by atomic mass is 32.1. The molecule has 1 fully saturated rings. The van der Waals surface area contributed by atoms with Crippen LogP contribution >= 0.6 is 11.3 Å². The van der Waals surface area contributed by atoms with Crippen molar-refractivity contribution in [2.45, 2.75) is 26.7 Å². The molecule has 0 spiro atoms. The number of carbonyl (C=O) groups excluding carboxylic acids is 1. The first kappa shape index (κ1) is 13.6. The van der Waals surface area contributed by atoms with E-state index in [2.05, 4.69) is 22.1 Å². The second-order valence-electron chi connectivity index (χ2n) is 4.84. The van der Waals surface area contributed by atoms with Gasteiger partial charge in [0.2, 0.25) is 0 Å². The normalized spacial score (nSPS) is 17.7. The highest BCUT2D eigenvalue weighted by molar-refractivity contribution is 7.11. The second kappa shape index (κ2) is 6.41. The highest BCUT2D eigenvalue weighted by Gasteiger charge is 2.14. The monoisotopic (exact) mass is 267 g/mol. The number of ketones is 1. The Balaban J connectivity index is 1.84. The quantitative estimate of drug-likeness (QED) is 0.889. The molecule has 0 unspecified atom stereocenters. The SMILES string of the molecule is Cc1nc(CC(=O)CN2CCCNCC2)sc1C. The summed E-state index contributed by atoms with van der Waals surface area (Å²) >= 11 is 1.65. The van der Waals surface area contributed by atoms with Crippen molar-refractivity contribution in [1.82, 2.24) is 15.2 Å². The van der Waals surface area contributed by atoms with E-state index in [1.807, 2.05) is 6.92 Å². The van der Waals surface area contributed by atoms with Crippen LogP contribution in [0.5, 0.6) is 0 Å². The number of nitrogens with zero attached hydrogens (tertiary/aromatic N) is 2. The first-order valence-electron chi connectivity index (χ1n) is 6.53. The van der Waals surface area contributed by atoms with Gasteiger partial charge < -0.3 is 5.32 Å². The minimum absolute atomic E-state index is 0.283. The third kappa shape index (κ3) is 3.86. The summed E-state index contributed by atoms with van der Waals surface area (Å²) in [4.78, 5) is 19.9. The molecule has 4 nitrogen and oxygen atoms in total. The molecule has 2 rings (SSSR count). The summed E-state index contributed by atoms with van der Waals surface area (Å²) in [5, 5.41) is 4.31. The fraction of sp³-hybridized carbons (Fsp3) is 0.692. The molecule has 0 amide bonds. The van der Waals surface area contributed by atoms with Gasteiger partial charge in [0.25, 0.3) is 0 Å². The van der Waals surface area contributed by atoms with Gasteiger partial charge >= 0.3 is 0 Å². The molecule has 5 heteroatoms. The van der Waals surface area contributed by atoms with Crippen molar-refractivity contribution < 1.29 is 4.79 Å². The van der Waals surface area contributed by atoms with Crippen LogP contribution in [0.3, 0.4) is 0 Å². The molecule has 0 aromatic carbocycles. The lowest BCUT2D eigenvalue weighted by Crippen LogP contribution is -2.33. The molecule has 1 saturated heterocycles. The van der Waals surface area contributed by atoms with Crippen LogP contribution in [0.15, 0.2) is 0 Å². The lowest BCUT2D eigenvalue weighted by atomic mass is 10.2. The van der Waals surface area contributed by atoms with Crippen LogP contribution in [-0.2, 0) is 11.2 Å². The van der Waals surface area contributed by atoms with E-state index in [1.165, 1.54) is 4.88 Å². The van der Waals surface area contributed by atoms with E-state index in [4.69, 9.17) is 0 Å². The number of carbonyl (C=O) groups is 1. The van der Waals surface area contributed by atoms with Gasteiger partial charge in [-0.1, -0.05) is 0 Å². The van der Waals surface area contributed by atoms with Crippen molar-refractivity contribution in [3.05, 3.63) is 15.6 Å². The molecule has 2 heterocycles. The lowest BCUT2D eigenvalue weighted by Gasteiger charge is -2.17. The number of aromatic nitrogens is 1. The largest absolute Gasteiger partial charge is 0.315 e. The Bertz CT molecular complexity index is 389. The second-order valence-corrected chi connectivity index (χ2v) is 6.13. The Morgan fingerprint density at radius 2 is 2.22 bits per heavy atom. The number of thiazole rings is 1. The molecule has 1 N–H and O–H groups in total. The van der Waals surface area contributed by atoms with Crippen molar-refractivity contribution in [1.29, 1.82) is 0 Å². The maximum atomic E-state index is 12.0. The molecule has 100 valence electrons. The maximum Gasteiger partial charge on any atom is 0.153 e. The number of nitrogens with one attached hydrogen (secondary N) is 1. The van der Waals surface area contributed by atoms with E-state index in [-0.39, 0.29) is 5.78 Å². The van der Waals surface area contributed by atoms with E-state index in [9.17, 15) is 4.79 Å². The van der Waals surface area contributed by atoms with E-state index < -0.39 is 0 Å². The molecule has 0 bridgehead atoms. The topological polar surface area (TPSA) is 45.2 Å². The molecule has 1 aromatic heterocycles. The van der Waals surface area contributed by atoms with E-state index >= 15 is 0 Å². The van der Waals surface area contributed by atoms with Crippen LogP contribution in [0.25, 0.3) is 0 Å². The molecule has 1 aromatic rings. The van der Waals surface area contributed by atoms with Gasteiger partial charge in [0, 0.05) is 18.0 Å². The molecule has 1 aliphatic rings. The van der Waals surface area contributed by atoms with Crippen molar-refractivity contribution in [2.75, 3.05) is 32.7 Å². The summed E-state index contributed by atoms with van der Waals surface area (Å²) in [6.45, 7) is 8.68. The molecular formula is C13H21N3OS. The lowest BCUT2D eigenvalue weighted by molar-refractivity contribution is -0.119. The van der Waals surface area contributed by atoms with Crippen LogP contribution in [0.1, 0.15) is 22.0 Å². The smallest absolute Gasteiger partial charge is 0.153 e. The predicted molar refractivity (Wildman–Crippen MR) is 74.2 cm³/mol. The molecule has 0 radical (unpaired) electrons. The van der Waals surface area contributed by atoms with Crippen LogP contribution < -0.4 is 5.32 Å². The highest BCUT2D eigenvalue weighted by Crippen LogP contribution is 2.17. The molecule has 0 aliphatic carbocycles. The van der Waals surface area contributed by atoms with Crippen LogP contribution in [0, 0.1) is 13.8 Å². The molecule has 0 saturated carbocycles. The Hall–Kier alpha value is -0.780. The van der Waals surface area contributed by atoms with E-state index in [0.29, 0.717) is 13.0 Å². The minimum Gasteiger partial charge on any atom is -0.315 e. The van der Waals surface area contributed by atoms with Gasteiger partial charge in [0.1, 0.15) is 5.01 Å². The van der Waals surface area contributed by atoms with Gasteiger partial charge in [-0.15, -0.1) is 11.3 Å². The molecule has 18 heavy (non-hydrogen) atoms. The van der Waals surface area contributed by atoms with Crippen LogP contribution in [0.2, 0.25) is 0 Å². The summed E-state index contributed by atoms with van der Waals surface area (Å²) in [5.74, 6) is 0.283. The number of rotatable bonds is 4. The summed E-state index contributed by atoms with van der Waals surface area (Å²) in [6.07, 6.45) is 1.62. The van der Waals surface area contributed by atoms with Crippen molar-refractivity contribution in [3.8, 4) is 0 Å². The van der Waals surface area contributed by atoms with Gasteiger partial charge in [-0.2, -0.15) is 0 Å². The zero-order chi connectivity index (χ0) is 13.0. The zero-order valence-electron chi connectivity index (χ0n) is 11.2. The fourth-order valence-electron chi connectivity index (χ4n) is 2.15. The molecule has 0 atom stereocenters. The third-order valence-electron chi connectivity index (χ3n) is 3.25. The first-order chi connectivity index (χ1) is 8.65. The maximum absolute atomic E-state index is 12.0. The minimum atomic E-state index is 0.283. The Kier molecular flexibility index (Phi) is 4.86. The summed E-state index contributed by atoms with van der Waals surface area (Å²) < 4.78 is 0. The van der Waals surface area contributed by atoms with Crippen molar-refractivity contribution in [2.24, 2.45) is 0 Å². The number of hydrogen-bond donors (Lipinski definition) is 1. The Morgan fingerprint density at radius 3 is 2.94 bits per heavy atom. The van der Waals surface area contributed by atoms with Gasteiger partial charge in [-0.3, -0.25) is 9.69 Å². The average molecular weight is 267 g/mol. The number of aryl methyl sites for hydroxylation is 2. The van der Waals surface area contributed by atoms with Crippen molar-refractivity contribution >= 4 is 17.1 Å². The fourth-order valence-corrected chi connectivity index (χ4v) is 3.11. The predicted octanol–water partition coefficient (Wildman–Crippen LogP) is 1.17. The standard InChI is InChI=1S/C13H21N3OS/c1-10-11(2)18-13(15-10)8-12(17)9-16-6-3-4-14-5-7-16/h14H,3-9H2,1-2H3. The van der Waals surface area contributed by atoms with Gasteiger partial charge in [-0.25, -0.2) is 4.98 Å². The third-order valence-corrected chi connectivity index (χ3v) is 4.33. The summed E-state index contributed by atoms with van der Waals surface area (Å²) in [5.41, 5.74) is 1.06. The van der Waals surface area contributed by atoms with Crippen molar-refractivity contribution in [3.63, 3.8) is 0 Å². The van der Waals surface area contributed by atoms with Gasteiger partial charge in [-0.05, 0) is 33.4 Å². The van der Waals surface area contributed by atoms with E-state index in [0.717, 1.165) is 43.3 Å².